The largest absolute Gasteiger partial charge is 0.379 e. The summed E-state index contributed by atoms with van der Waals surface area (Å²) < 4.78 is 19.4. The van der Waals surface area contributed by atoms with Gasteiger partial charge in [-0.2, -0.15) is 0 Å². The molecule has 1 amide bonds. The summed E-state index contributed by atoms with van der Waals surface area (Å²) in [4.78, 5) is 21.5. The molecule has 0 bridgehead atoms. The Balaban J connectivity index is 1.33. The first-order valence-corrected chi connectivity index (χ1v) is 12.0. The minimum Gasteiger partial charge on any atom is -0.379 e. The highest BCUT2D eigenvalue weighted by molar-refractivity contribution is 5.81. The SMILES string of the molecule is CN=C(NCC(c1cccc(F)c1)N1CCOCC1)NC1CCN(C(=O)C2CCCC2)C1. The van der Waals surface area contributed by atoms with Crippen molar-refractivity contribution in [3.05, 3.63) is 35.6 Å². The molecule has 1 aromatic carbocycles. The van der Waals surface area contributed by atoms with Gasteiger partial charge in [0.05, 0.1) is 19.3 Å². The minimum absolute atomic E-state index is 0.0252. The third-order valence-corrected chi connectivity index (χ3v) is 6.95. The lowest BCUT2D eigenvalue weighted by Gasteiger charge is -2.35. The number of hydrogen-bond acceptors (Lipinski definition) is 4. The number of rotatable bonds is 6. The Kier molecular flexibility index (Phi) is 7.97. The number of ether oxygens (including phenoxy) is 1. The van der Waals surface area contributed by atoms with Crippen LogP contribution in [0.5, 0.6) is 0 Å². The predicted octanol–water partition coefficient (Wildman–Crippen LogP) is 2.16. The molecule has 2 saturated heterocycles. The van der Waals surface area contributed by atoms with Gasteiger partial charge in [-0.3, -0.25) is 14.7 Å². The normalized spacial score (nSPS) is 24.0. The Bertz CT molecular complexity index is 792. The van der Waals surface area contributed by atoms with E-state index in [1.165, 1.54) is 18.9 Å². The van der Waals surface area contributed by atoms with Crippen LogP contribution < -0.4 is 10.6 Å². The van der Waals surface area contributed by atoms with Crippen LogP contribution in [-0.2, 0) is 9.53 Å². The van der Waals surface area contributed by atoms with Crippen molar-refractivity contribution in [2.75, 3.05) is 53.0 Å². The number of nitrogens with zero attached hydrogens (tertiary/aromatic N) is 3. The van der Waals surface area contributed by atoms with Gasteiger partial charge in [-0.15, -0.1) is 0 Å². The highest BCUT2D eigenvalue weighted by atomic mass is 19.1. The molecular weight excluding hydrogens is 409 g/mol. The molecule has 0 radical (unpaired) electrons. The molecule has 3 aliphatic rings. The van der Waals surface area contributed by atoms with E-state index in [0.29, 0.717) is 25.7 Å². The minimum atomic E-state index is -0.221. The van der Waals surface area contributed by atoms with Crippen molar-refractivity contribution in [3.8, 4) is 0 Å². The maximum atomic E-state index is 13.9. The molecule has 8 heteroatoms. The standard InChI is InChI=1S/C24H36FN5O2/c1-26-24(28-21-9-10-30(17-21)23(31)18-5-2-3-6-18)27-16-22(29-11-13-32-14-12-29)19-7-4-8-20(25)15-19/h4,7-8,15,18,21-22H,2-3,5-6,9-14,16-17H2,1H3,(H2,26,27,28). The summed E-state index contributed by atoms with van der Waals surface area (Å²) >= 11 is 0. The van der Waals surface area contributed by atoms with Crippen molar-refractivity contribution in [2.24, 2.45) is 10.9 Å². The van der Waals surface area contributed by atoms with E-state index in [9.17, 15) is 9.18 Å². The van der Waals surface area contributed by atoms with Crippen LogP contribution >= 0.6 is 0 Å². The summed E-state index contributed by atoms with van der Waals surface area (Å²) in [6, 6.07) is 7.05. The summed E-state index contributed by atoms with van der Waals surface area (Å²) in [6.45, 7) is 5.15. The molecule has 7 nitrogen and oxygen atoms in total. The number of morpholine rings is 1. The number of nitrogens with one attached hydrogen (secondary N) is 2. The molecule has 2 heterocycles. The van der Waals surface area contributed by atoms with Gasteiger partial charge in [0.2, 0.25) is 5.91 Å². The van der Waals surface area contributed by atoms with Crippen LogP contribution in [0.1, 0.15) is 43.7 Å². The topological polar surface area (TPSA) is 69.2 Å². The number of aliphatic imine (C=N–C) groups is 1. The van der Waals surface area contributed by atoms with E-state index in [1.54, 1.807) is 19.2 Å². The van der Waals surface area contributed by atoms with Crippen molar-refractivity contribution >= 4 is 11.9 Å². The lowest BCUT2D eigenvalue weighted by atomic mass is 10.0. The summed E-state index contributed by atoms with van der Waals surface area (Å²) in [5, 5.41) is 6.93. The Labute approximate surface area is 190 Å². The molecule has 176 valence electrons. The molecule has 2 atom stereocenters. The lowest BCUT2D eigenvalue weighted by Crippen LogP contribution is -2.49. The second-order valence-electron chi connectivity index (χ2n) is 9.07. The molecule has 2 unspecified atom stereocenters. The third kappa shape index (κ3) is 5.78. The Morgan fingerprint density at radius 1 is 1.22 bits per heavy atom. The quantitative estimate of drug-likeness (QED) is 0.519. The lowest BCUT2D eigenvalue weighted by molar-refractivity contribution is -0.134. The second kappa shape index (κ2) is 11.1. The molecule has 1 aliphatic carbocycles. The van der Waals surface area contributed by atoms with E-state index in [1.807, 2.05) is 11.0 Å². The van der Waals surface area contributed by atoms with Crippen LogP contribution in [0.25, 0.3) is 0 Å². The summed E-state index contributed by atoms with van der Waals surface area (Å²) in [6.07, 6.45) is 5.37. The van der Waals surface area contributed by atoms with Crippen molar-refractivity contribution in [3.63, 3.8) is 0 Å². The number of likely N-dealkylation sites (tertiary alicyclic amines) is 1. The van der Waals surface area contributed by atoms with E-state index in [2.05, 4.69) is 20.5 Å². The average Bonchev–Trinajstić information content (AvgIpc) is 3.51. The summed E-state index contributed by atoms with van der Waals surface area (Å²) in [5.41, 5.74) is 0.948. The van der Waals surface area contributed by atoms with Gasteiger partial charge in [-0.25, -0.2) is 4.39 Å². The van der Waals surface area contributed by atoms with Gasteiger partial charge in [0.1, 0.15) is 5.82 Å². The number of halogens is 1. The molecule has 4 rings (SSSR count). The Morgan fingerprint density at radius 3 is 2.72 bits per heavy atom. The van der Waals surface area contributed by atoms with Crippen LogP contribution in [0.2, 0.25) is 0 Å². The second-order valence-corrected chi connectivity index (χ2v) is 9.07. The monoisotopic (exact) mass is 445 g/mol. The third-order valence-electron chi connectivity index (χ3n) is 6.95. The number of carbonyl (C=O) groups is 1. The first-order chi connectivity index (χ1) is 15.6. The number of benzene rings is 1. The zero-order valence-corrected chi connectivity index (χ0v) is 19.1. The Morgan fingerprint density at radius 2 is 2.00 bits per heavy atom. The highest BCUT2D eigenvalue weighted by Gasteiger charge is 2.32. The predicted molar refractivity (Wildman–Crippen MR) is 123 cm³/mol. The molecule has 3 fully saturated rings. The number of guanidine groups is 1. The van der Waals surface area contributed by atoms with Crippen LogP contribution in [0.15, 0.2) is 29.3 Å². The molecule has 0 aromatic heterocycles. The van der Waals surface area contributed by atoms with Gasteiger partial charge < -0.3 is 20.3 Å². The fourth-order valence-corrected chi connectivity index (χ4v) is 5.15. The van der Waals surface area contributed by atoms with Crippen molar-refractivity contribution in [2.45, 2.75) is 44.2 Å². The van der Waals surface area contributed by atoms with Crippen LogP contribution in [0.4, 0.5) is 4.39 Å². The number of hydrogen-bond donors (Lipinski definition) is 2. The van der Waals surface area contributed by atoms with Gasteiger partial charge in [-0.1, -0.05) is 25.0 Å². The van der Waals surface area contributed by atoms with E-state index >= 15 is 0 Å². The van der Waals surface area contributed by atoms with Crippen molar-refractivity contribution in [1.29, 1.82) is 0 Å². The Hall–Kier alpha value is -2.19. The van der Waals surface area contributed by atoms with Gasteiger partial charge >= 0.3 is 0 Å². The van der Waals surface area contributed by atoms with E-state index in [0.717, 1.165) is 57.0 Å². The zero-order chi connectivity index (χ0) is 22.3. The van der Waals surface area contributed by atoms with Gasteiger partial charge in [0, 0.05) is 51.7 Å². The fraction of sp³-hybridized carbons (Fsp3) is 0.667. The average molecular weight is 446 g/mol. The fourth-order valence-electron chi connectivity index (χ4n) is 5.15. The van der Waals surface area contributed by atoms with Crippen molar-refractivity contribution in [1.82, 2.24) is 20.4 Å². The zero-order valence-electron chi connectivity index (χ0n) is 19.1. The maximum Gasteiger partial charge on any atom is 0.225 e. The summed E-state index contributed by atoms with van der Waals surface area (Å²) in [5.74, 6) is 1.06. The van der Waals surface area contributed by atoms with Gasteiger partial charge in [0.15, 0.2) is 5.96 Å². The molecule has 1 aromatic rings. The highest BCUT2D eigenvalue weighted by Crippen LogP contribution is 2.28. The molecule has 32 heavy (non-hydrogen) atoms. The smallest absolute Gasteiger partial charge is 0.225 e. The maximum absolute atomic E-state index is 13.9. The number of amides is 1. The van der Waals surface area contributed by atoms with Crippen LogP contribution in [0, 0.1) is 11.7 Å². The van der Waals surface area contributed by atoms with Crippen LogP contribution in [-0.4, -0.2) is 80.7 Å². The first-order valence-electron chi connectivity index (χ1n) is 12.0. The number of carbonyl (C=O) groups excluding carboxylic acids is 1. The molecule has 2 N–H and O–H groups in total. The van der Waals surface area contributed by atoms with E-state index in [4.69, 9.17) is 4.74 Å². The van der Waals surface area contributed by atoms with Gasteiger partial charge in [0.25, 0.3) is 0 Å². The van der Waals surface area contributed by atoms with E-state index in [-0.39, 0.29) is 23.8 Å². The molecule has 2 aliphatic heterocycles. The van der Waals surface area contributed by atoms with E-state index < -0.39 is 0 Å². The summed E-state index contributed by atoms with van der Waals surface area (Å²) in [7, 11) is 1.76. The molecule has 1 saturated carbocycles. The van der Waals surface area contributed by atoms with Crippen LogP contribution in [0.3, 0.4) is 0 Å². The van der Waals surface area contributed by atoms with Crippen molar-refractivity contribution < 1.29 is 13.9 Å². The molecular formula is C24H36FN5O2. The van der Waals surface area contributed by atoms with Gasteiger partial charge in [-0.05, 0) is 37.0 Å². The molecule has 0 spiro atoms. The first kappa shape index (κ1) is 23.0.